The Balaban J connectivity index is 1.26. The average molecular weight is 466 g/mol. The van der Waals surface area contributed by atoms with Crippen LogP contribution in [0.15, 0.2) is 48.5 Å². The van der Waals surface area contributed by atoms with Gasteiger partial charge in [-0.3, -0.25) is 14.4 Å². The van der Waals surface area contributed by atoms with Crippen LogP contribution in [0.5, 0.6) is 5.75 Å². The van der Waals surface area contributed by atoms with Crippen LogP contribution in [0.25, 0.3) is 0 Å². The van der Waals surface area contributed by atoms with Crippen LogP contribution in [0.4, 0.5) is 11.4 Å². The number of nitrogens with one attached hydrogen (secondary N) is 2. The lowest BCUT2D eigenvalue weighted by molar-refractivity contribution is -0.126. The molecule has 0 aromatic heterocycles. The summed E-state index contributed by atoms with van der Waals surface area (Å²) in [6.07, 6.45) is 3.07. The van der Waals surface area contributed by atoms with Gasteiger partial charge in [0.2, 0.25) is 11.8 Å². The predicted octanol–water partition coefficient (Wildman–Crippen LogP) is 2.91. The number of carbonyl (C=O) groups excluding carboxylic acids is 3. The van der Waals surface area contributed by atoms with Crippen LogP contribution in [0.1, 0.15) is 31.7 Å². The number of carbonyl (C=O) groups is 3. The maximum absolute atomic E-state index is 12.5. The van der Waals surface area contributed by atoms with E-state index in [1.807, 2.05) is 31.2 Å². The molecule has 2 saturated heterocycles. The second-order valence-corrected chi connectivity index (χ2v) is 8.63. The standard InChI is InChI=1S/C26H31N3O5/c1-2-18-6-3-4-8-23(18)28-24(30)17-34-21-11-9-20(10-12-21)29-16-19(14-25(29)31)26(32)27-15-22-7-5-13-33-22/h3-4,6,8-12,19,22H,2,5,7,13-17H2,1H3,(H,27,32)(H,28,30)/t19-,22-/m1/s1. The molecule has 2 heterocycles. The quantitative estimate of drug-likeness (QED) is 0.594. The zero-order chi connectivity index (χ0) is 23.9. The first-order valence-electron chi connectivity index (χ1n) is 11.8. The van der Waals surface area contributed by atoms with Crippen molar-refractivity contribution < 1.29 is 23.9 Å². The highest BCUT2D eigenvalue weighted by molar-refractivity contribution is 6.00. The highest BCUT2D eigenvalue weighted by Crippen LogP contribution is 2.27. The van der Waals surface area contributed by atoms with E-state index in [-0.39, 0.29) is 42.8 Å². The molecule has 2 atom stereocenters. The van der Waals surface area contributed by atoms with Gasteiger partial charge in [-0.15, -0.1) is 0 Å². The molecule has 34 heavy (non-hydrogen) atoms. The average Bonchev–Trinajstić information content (AvgIpc) is 3.52. The van der Waals surface area contributed by atoms with Crippen molar-refractivity contribution in [3.05, 3.63) is 54.1 Å². The molecular weight excluding hydrogens is 434 g/mol. The monoisotopic (exact) mass is 465 g/mol. The van der Waals surface area contributed by atoms with Crippen LogP contribution in [0, 0.1) is 5.92 Å². The molecule has 3 amide bonds. The van der Waals surface area contributed by atoms with Crippen molar-refractivity contribution in [2.75, 3.05) is 36.5 Å². The van der Waals surface area contributed by atoms with Gasteiger partial charge in [-0.25, -0.2) is 0 Å². The molecular formula is C26H31N3O5. The number of hydrogen-bond acceptors (Lipinski definition) is 5. The van der Waals surface area contributed by atoms with Gasteiger partial charge < -0.3 is 25.0 Å². The van der Waals surface area contributed by atoms with E-state index in [4.69, 9.17) is 9.47 Å². The van der Waals surface area contributed by atoms with E-state index in [1.54, 1.807) is 29.2 Å². The van der Waals surface area contributed by atoms with Crippen molar-refractivity contribution in [1.29, 1.82) is 0 Å². The summed E-state index contributed by atoms with van der Waals surface area (Å²) in [5, 5.41) is 5.79. The molecule has 4 rings (SSSR count). The van der Waals surface area contributed by atoms with Gasteiger partial charge in [-0.05, 0) is 55.2 Å². The number of ether oxygens (including phenoxy) is 2. The van der Waals surface area contributed by atoms with Gasteiger partial charge >= 0.3 is 0 Å². The van der Waals surface area contributed by atoms with Crippen LogP contribution in [0.3, 0.4) is 0 Å². The number of anilines is 2. The lowest BCUT2D eigenvalue weighted by Crippen LogP contribution is -2.37. The molecule has 0 radical (unpaired) electrons. The Labute approximate surface area is 199 Å². The Hall–Kier alpha value is -3.39. The predicted molar refractivity (Wildman–Crippen MR) is 129 cm³/mol. The molecule has 0 bridgehead atoms. The lowest BCUT2D eigenvalue weighted by atomic mass is 10.1. The summed E-state index contributed by atoms with van der Waals surface area (Å²) >= 11 is 0. The Morgan fingerprint density at radius 2 is 1.94 bits per heavy atom. The number of para-hydroxylation sites is 1. The molecule has 2 aromatic rings. The van der Waals surface area contributed by atoms with Crippen molar-refractivity contribution in [2.24, 2.45) is 5.92 Å². The van der Waals surface area contributed by atoms with Crippen molar-refractivity contribution in [2.45, 2.75) is 38.7 Å². The normalized spacial score (nSPS) is 19.8. The van der Waals surface area contributed by atoms with Crippen molar-refractivity contribution in [3.8, 4) is 5.75 Å². The summed E-state index contributed by atoms with van der Waals surface area (Å²) in [6, 6.07) is 14.7. The van der Waals surface area contributed by atoms with E-state index in [0.29, 0.717) is 24.5 Å². The highest BCUT2D eigenvalue weighted by atomic mass is 16.5. The highest BCUT2D eigenvalue weighted by Gasteiger charge is 2.35. The van der Waals surface area contributed by atoms with Crippen LogP contribution in [-0.2, 0) is 25.5 Å². The van der Waals surface area contributed by atoms with E-state index in [1.165, 1.54) is 0 Å². The zero-order valence-electron chi connectivity index (χ0n) is 19.4. The van der Waals surface area contributed by atoms with E-state index < -0.39 is 0 Å². The van der Waals surface area contributed by atoms with Gasteiger partial charge in [0.15, 0.2) is 6.61 Å². The molecule has 0 aliphatic carbocycles. The minimum atomic E-state index is -0.375. The summed E-state index contributed by atoms with van der Waals surface area (Å²) in [6.45, 7) is 3.50. The van der Waals surface area contributed by atoms with E-state index in [0.717, 1.165) is 37.1 Å². The van der Waals surface area contributed by atoms with E-state index >= 15 is 0 Å². The van der Waals surface area contributed by atoms with Gasteiger partial charge in [0.05, 0.1) is 12.0 Å². The zero-order valence-corrected chi connectivity index (χ0v) is 19.4. The molecule has 8 heteroatoms. The fourth-order valence-electron chi connectivity index (χ4n) is 4.30. The fourth-order valence-corrected chi connectivity index (χ4v) is 4.30. The second kappa shape index (κ2) is 11.2. The van der Waals surface area contributed by atoms with E-state index in [9.17, 15) is 14.4 Å². The minimum Gasteiger partial charge on any atom is -0.484 e. The first-order chi connectivity index (χ1) is 16.5. The molecule has 2 aliphatic heterocycles. The minimum absolute atomic E-state index is 0.0770. The Bertz CT molecular complexity index is 1020. The SMILES string of the molecule is CCc1ccccc1NC(=O)COc1ccc(N2C[C@H](C(=O)NC[C@H]3CCCO3)CC2=O)cc1. The maximum Gasteiger partial charge on any atom is 0.262 e. The van der Waals surface area contributed by atoms with Crippen molar-refractivity contribution >= 4 is 29.1 Å². The van der Waals surface area contributed by atoms with Crippen LogP contribution in [-0.4, -0.2) is 50.1 Å². The van der Waals surface area contributed by atoms with Crippen molar-refractivity contribution in [1.82, 2.24) is 5.32 Å². The van der Waals surface area contributed by atoms with Crippen LogP contribution >= 0.6 is 0 Å². The molecule has 0 saturated carbocycles. The molecule has 2 fully saturated rings. The third-order valence-corrected chi connectivity index (χ3v) is 6.21. The molecule has 0 spiro atoms. The van der Waals surface area contributed by atoms with E-state index in [2.05, 4.69) is 10.6 Å². The Morgan fingerprint density at radius 3 is 2.68 bits per heavy atom. The Kier molecular flexibility index (Phi) is 7.80. The molecule has 0 unspecified atom stereocenters. The maximum atomic E-state index is 12.5. The molecule has 180 valence electrons. The Morgan fingerprint density at radius 1 is 1.15 bits per heavy atom. The largest absolute Gasteiger partial charge is 0.484 e. The van der Waals surface area contributed by atoms with Gasteiger partial charge in [0.1, 0.15) is 5.75 Å². The first kappa shape index (κ1) is 23.8. The topological polar surface area (TPSA) is 97.0 Å². The summed E-state index contributed by atoms with van der Waals surface area (Å²) in [4.78, 5) is 38.9. The van der Waals surface area contributed by atoms with Crippen LogP contribution < -0.4 is 20.3 Å². The number of benzene rings is 2. The smallest absolute Gasteiger partial charge is 0.262 e. The number of rotatable bonds is 9. The molecule has 2 aromatic carbocycles. The summed E-state index contributed by atoms with van der Waals surface area (Å²) in [5.41, 5.74) is 2.55. The molecule has 8 nitrogen and oxygen atoms in total. The van der Waals surface area contributed by atoms with Crippen molar-refractivity contribution in [3.63, 3.8) is 0 Å². The van der Waals surface area contributed by atoms with Crippen LogP contribution in [0.2, 0.25) is 0 Å². The lowest BCUT2D eigenvalue weighted by Gasteiger charge is -2.18. The van der Waals surface area contributed by atoms with Gasteiger partial charge in [-0.2, -0.15) is 0 Å². The summed E-state index contributed by atoms with van der Waals surface area (Å²) in [7, 11) is 0. The summed E-state index contributed by atoms with van der Waals surface area (Å²) < 4.78 is 11.1. The molecule has 2 N–H and O–H groups in total. The van der Waals surface area contributed by atoms with Gasteiger partial charge in [0.25, 0.3) is 5.91 Å². The van der Waals surface area contributed by atoms with Gasteiger partial charge in [0, 0.05) is 37.5 Å². The number of aryl methyl sites for hydroxylation is 1. The fraction of sp³-hybridized carbons (Fsp3) is 0.423. The summed E-state index contributed by atoms with van der Waals surface area (Å²) in [5.74, 6) is -0.280. The first-order valence-corrected chi connectivity index (χ1v) is 11.8. The van der Waals surface area contributed by atoms with Gasteiger partial charge in [-0.1, -0.05) is 25.1 Å². The number of nitrogens with zero attached hydrogens (tertiary/aromatic N) is 1. The third-order valence-electron chi connectivity index (χ3n) is 6.21. The molecule has 2 aliphatic rings. The third kappa shape index (κ3) is 5.94. The number of amides is 3. The second-order valence-electron chi connectivity index (χ2n) is 8.63. The number of hydrogen-bond donors (Lipinski definition) is 2.